The van der Waals surface area contributed by atoms with Crippen LogP contribution < -0.4 is 14.8 Å². The Kier molecular flexibility index (Phi) is 3.54. The van der Waals surface area contributed by atoms with Gasteiger partial charge in [0.25, 0.3) is 0 Å². The minimum atomic E-state index is -0.245. The monoisotopic (exact) mass is 352 g/mol. The number of amides is 1. The van der Waals surface area contributed by atoms with Crippen LogP contribution in [0.2, 0.25) is 0 Å². The Labute approximate surface area is 129 Å². The number of anilines is 1. The Morgan fingerprint density at radius 2 is 2.05 bits per heavy atom. The predicted octanol–water partition coefficient (Wildman–Crippen LogP) is 1.99. The molecule has 1 aromatic carbocycles. The van der Waals surface area contributed by atoms with Gasteiger partial charge in [-0.3, -0.25) is 10.1 Å². The smallest absolute Gasteiger partial charge is 0.229 e. The molecular weight excluding hydrogens is 340 g/mol. The summed E-state index contributed by atoms with van der Waals surface area (Å²) in [6.45, 7) is 0. The topological polar surface area (TPSA) is 78.3 Å². The van der Waals surface area contributed by atoms with E-state index in [1.54, 1.807) is 18.9 Å². The van der Waals surface area contributed by atoms with E-state index in [1.807, 2.05) is 12.1 Å². The van der Waals surface area contributed by atoms with Gasteiger partial charge in [-0.2, -0.15) is 10.1 Å². The molecule has 1 aliphatic heterocycles. The van der Waals surface area contributed by atoms with Gasteiger partial charge in [0.2, 0.25) is 11.9 Å². The second-order valence-electron chi connectivity index (χ2n) is 4.53. The van der Waals surface area contributed by atoms with E-state index in [2.05, 4.69) is 31.3 Å². The Morgan fingerprint density at radius 1 is 1.33 bits per heavy atom. The summed E-state index contributed by atoms with van der Waals surface area (Å²) in [6.07, 6.45) is 1.70. The van der Waals surface area contributed by atoms with Crippen LogP contribution >= 0.6 is 15.9 Å². The van der Waals surface area contributed by atoms with Gasteiger partial charge in [-0.15, -0.1) is 0 Å². The minimum Gasteiger partial charge on any atom is -0.493 e. The Hall–Kier alpha value is -2.09. The molecule has 2 aromatic rings. The van der Waals surface area contributed by atoms with Crippen molar-refractivity contribution in [1.29, 1.82) is 0 Å². The highest BCUT2D eigenvalue weighted by molar-refractivity contribution is 9.10. The van der Waals surface area contributed by atoms with Gasteiger partial charge in [0.1, 0.15) is 6.33 Å². The number of ether oxygens (including phenoxy) is 2. The summed E-state index contributed by atoms with van der Waals surface area (Å²) in [4.78, 5) is 15.9. The van der Waals surface area contributed by atoms with Crippen molar-refractivity contribution in [3.8, 4) is 11.5 Å². The minimum absolute atomic E-state index is 0.0952. The SMILES string of the molecule is COc1cc(Br)c(C2CC(=O)Nc3ncnn32)cc1OC. The quantitative estimate of drug-likeness (QED) is 0.913. The molecule has 2 heterocycles. The molecule has 7 nitrogen and oxygen atoms in total. The molecule has 110 valence electrons. The van der Waals surface area contributed by atoms with Gasteiger partial charge in [0.15, 0.2) is 11.5 Å². The number of fused-ring (bicyclic) bond motifs is 1. The number of nitrogens with zero attached hydrogens (tertiary/aromatic N) is 3. The van der Waals surface area contributed by atoms with Gasteiger partial charge in [-0.05, 0) is 17.7 Å². The van der Waals surface area contributed by atoms with Crippen LogP contribution in [-0.2, 0) is 4.79 Å². The second kappa shape index (κ2) is 5.36. The molecule has 0 spiro atoms. The van der Waals surface area contributed by atoms with E-state index in [4.69, 9.17) is 9.47 Å². The van der Waals surface area contributed by atoms with Crippen LogP contribution in [0.5, 0.6) is 11.5 Å². The standard InChI is InChI=1S/C13H13BrN4O3/c1-20-10-3-7(8(14)4-11(10)21-2)9-5-12(19)17-13-15-6-16-18(9)13/h3-4,6,9H,5H2,1-2H3,(H,15,16,17,19). The van der Waals surface area contributed by atoms with E-state index in [1.165, 1.54) is 6.33 Å². The zero-order chi connectivity index (χ0) is 15.0. The number of hydrogen-bond donors (Lipinski definition) is 1. The zero-order valence-corrected chi connectivity index (χ0v) is 13.0. The second-order valence-corrected chi connectivity index (χ2v) is 5.38. The molecule has 21 heavy (non-hydrogen) atoms. The third-order valence-corrected chi connectivity index (χ3v) is 4.05. The summed E-state index contributed by atoms with van der Waals surface area (Å²) in [5, 5.41) is 6.88. The summed E-state index contributed by atoms with van der Waals surface area (Å²) < 4.78 is 13.1. The van der Waals surface area contributed by atoms with E-state index in [-0.39, 0.29) is 18.4 Å². The van der Waals surface area contributed by atoms with Crippen LogP contribution in [0.15, 0.2) is 22.9 Å². The van der Waals surface area contributed by atoms with E-state index < -0.39 is 0 Å². The average molecular weight is 353 g/mol. The summed E-state index contributed by atoms with van der Waals surface area (Å²) in [5.74, 6) is 1.57. The first-order valence-corrected chi connectivity index (χ1v) is 7.04. The molecule has 1 N–H and O–H groups in total. The highest BCUT2D eigenvalue weighted by Crippen LogP contribution is 2.39. The van der Waals surface area contributed by atoms with E-state index >= 15 is 0 Å². The molecule has 3 rings (SSSR count). The van der Waals surface area contributed by atoms with Crippen LogP contribution in [0.1, 0.15) is 18.0 Å². The maximum absolute atomic E-state index is 11.8. The van der Waals surface area contributed by atoms with Crippen molar-refractivity contribution in [3.63, 3.8) is 0 Å². The van der Waals surface area contributed by atoms with E-state index in [9.17, 15) is 4.79 Å². The molecule has 1 atom stereocenters. The lowest BCUT2D eigenvalue weighted by atomic mass is 10.0. The first kappa shape index (κ1) is 13.9. The molecule has 0 bridgehead atoms. The normalized spacial score (nSPS) is 17.1. The maximum Gasteiger partial charge on any atom is 0.229 e. The molecule has 0 radical (unpaired) electrons. The summed E-state index contributed by atoms with van der Waals surface area (Å²) >= 11 is 3.52. The molecule has 0 saturated heterocycles. The van der Waals surface area contributed by atoms with Crippen molar-refractivity contribution in [1.82, 2.24) is 14.8 Å². The van der Waals surface area contributed by atoms with Crippen LogP contribution in [0.4, 0.5) is 5.95 Å². The Morgan fingerprint density at radius 3 is 2.76 bits per heavy atom. The van der Waals surface area contributed by atoms with Crippen molar-refractivity contribution in [3.05, 3.63) is 28.5 Å². The zero-order valence-electron chi connectivity index (χ0n) is 11.5. The van der Waals surface area contributed by atoms with Crippen molar-refractivity contribution >= 4 is 27.8 Å². The number of nitrogens with one attached hydrogen (secondary N) is 1. The molecule has 8 heteroatoms. The van der Waals surface area contributed by atoms with E-state index in [0.29, 0.717) is 17.4 Å². The van der Waals surface area contributed by atoms with Crippen LogP contribution in [0, 0.1) is 0 Å². The number of hydrogen-bond acceptors (Lipinski definition) is 5. The van der Waals surface area contributed by atoms with Gasteiger partial charge in [-0.1, -0.05) is 15.9 Å². The molecule has 0 fully saturated rings. The maximum atomic E-state index is 11.8. The van der Waals surface area contributed by atoms with Crippen LogP contribution in [0.3, 0.4) is 0 Å². The highest BCUT2D eigenvalue weighted by atomic mass is 79.9. The molecule has 1 aromatic heterocycles. The van der Waals surface area contributed by atoms with Crippen molar-refractivity contribution in [2.24, 2.45) is 0 Å². The largest absolute Gasteiger partial charge is 0.493 e. The number of halogens is 1. The number of methoxy groups -OCH3 is 2. The molecule has 0 aliphatic carbocycles. The number of carbonyl (C=O) groups is 1. The first-order chi connectivity index (χ1) is 10.1. The van der Waals surface area contributed by atoms with Gasteiger partial charge in [0, 0.05) is 4.47 Å². The Bertz CT molecular complexity index is 701. The van der Waals surface area contributed by atoms with Gasteiger partial charge < -0.3 is 9.47 Å². The van der Waals surface area contributed by atoms with E-state index in [0.717, 1.165) is 10.0 Å². The number of benzene rings is 1. The van der Waals surface area contributed by atoms with Crippen molar-refractivity contribution in [2.45, 2.75) is 12.5 Å². The third kappa shape index (κ3) is 2.35. The van der Waals surface area contributed by atoms with Gasteiger partial charge in [-0.25, -0.2) is 4.68 Å². The lowest BCUT2D eigenvalue weighted by Gasteiger charge is -2.25. The lowest BCUT2D eigenvalue weighted by molar-refractivity contribution is -0.117. The summed E-state index contributed by atoms with van der Waals surface area (Å²) in [6, 6.07) is 3.42. The van der Waals surface area contributed by atoms with Crippen LogP contribution in [-0.4, -0.2) is 34.9 Å². The average Bonchev–Trinajstić information content (AvgIpc) is 2.94. The summed E-state index contributed by atoms with van der Waals surface area (Å²) in [5.41, 5.74) is 0.884. The number of carbonyl (C=O) groups excluding carboxylic acids is 1. The summed E-state index contributed by atoms with van der Waals surface area (Å²) in [7, 11) is 3.15. The first-order valence-electron chi connectivity index (χ1n) is 6.24. The molecule has 1 aliphatic rings. The van der Waals surface area contributed by atoms with Crippen LogP contribution in [0.25, 0.3) is 0 Å². The van der Waals surface area contributed by atoms with Gasteiger partial charge in [0.05, 0.1) is 26.7 Å². The molecular formula is C13H13BrN4O3. The Balaban J connectivity index is 2.11. The van der Waals surface area contributed by atoms with Gasteiger partial charge >= 0.3 is 0 Å². The highest BCUT2D eigenvalue weighted by Gasteiger charge is 2.29. The molecule has 1 unspecified atom stereocenters. The third-order valence-electron chi connectivity index (χ3n) is 3.36. The van der Waals surface area contributed by atoms with Crippen molar-refractivity contribution < 1.29 is 14.3 Å². The predicted molar refractivity (Wildman–Crippen MR) is 78.7 cm³/mol. The fourth-order valence-electron chi connectivity index (χ4n) is 2.37. The fourth-order valence-corrected chi connectivity index (χ4v) is 2.96. The number of rotatable bonds is 3. The van der Waals surface area contributed by atoms with Crippen molar-refractivity contribution in [2.75, 3.05) is 19.5 Å². The number of aromatic nitrogens is 3. The molecule has 0 saturated carbocycles. The lowest BCUT2D eigenvalue weighted by Crippen LogP contribution is -2.29. The fraction of sp³-hybridized carbons (Fsp3) is 0.308. The molecule has 1 amide bonds.